The SMILES string of the molecule is O=C(OCC(=O)N1CCN(Cc2ccc(Cl)s2)CC1)c1ccc(S(=O)(=O)C(F)F)cc1. The average Bonchev–Trinajstić information content (AvgIpc) is 3.16. The molecule has 0 bridgehead atoms. The van der Waals surface area contributed by atoms with E-state index in [1.165, 1.54) is 11.3 Å². The molecule has 1 amide bonds. The van der Waals surface area contributed by atoms with Crippen LogP contribution < -0.4 is 0 Å². The van der Waals surface area contributed by atoms with Gasteiger partial charge >= 0.3 is 11.7 Å². The molecule has 1 aromatic heterocycles. The van der Waals surface area contributed by atoms with Gasteiger partial charge in [0.15, 0.2) is 6.61 Å². The first-order chi connectivity index (χ1) is 14.7. The summed E-state index contributed by atoms with van der Waals surface area (Å²) in [6.07, 6.45) is 0. The Morgan fingerprint density at radius 3 is 2.26 bits per heavy atom. The number of hydrogen-bond acceptors (Lipinski definition) is 7. The van der Waals surface area contributed by atoms with Gasteiger partial charge in [-0.05, 0) is 36.4 Å². The van der Waals surface area contributed by atoms with Gasteiger partial charge in [0.25, 0.3) is 5.91 Å². The van der Waals surface area contributed by atoms with Crippen LogP contribution in [0.2, 0.25) is 4.34 Å². The average molecular weight is 493 g/mol. The zero-order valence-corrected chi connectivity index (χ0v) is 18.6. The van der Waals surface area contributed by atoms with Crippen molar-refractivity contribution in [3.63, 3.8) is 0 Å². The summed E-state index contributed by atoms with van der Waals surface area (Å²) in [6.45, 7) is 2.64. The number of amides is 1. The van der Waals surface area contributed by atoms with Crippen LogP contribution >= 0.6 is 22.9 Å². The lowest BCUT2D eigenvalue weighted by Crippen LogP contribution is -2.49. The standard InChI is InChI=1S/C19H19ClF2N2O5S2/c20-16-6-3-14(30-16)11-23-7-9-24(10-8-23)17(25)12-29-18(26)13-1-4-15(5-2-13)31(27,28)19(21)22/h1-6,19H,7-12H2. The molecule has 0 spiro atoms. The van der Waals surface area contributed by atoms with Crippen molar-refractivity contribution >= 4 is 44.7 Å². The van der Waals surface area contributed by atoms with Crippen LogP contribution in [0, 0.1) is 0 Å². The van der Waals surface area contributed by atoms with Gasteiger partial charge in [-0.3, -0.25) is 9.69 Å². The molecule has 0 radical (unpaired) electrons. The number of benzene rings is 1. The highest BCUT2D eigenvalue weighted by Crippen LogP contribution is 2.23. The highest BCUT2D eigenvalue weighted by Gasteiger charge is 2.27. The molecule has 31 heavy (non-hydrogen) atoms. The molecule has 1 aliphatic heterocycles. The summed E-state index contributed by atoms with van der Waals surface area (Å²) in [5.74, 6) is -4.74. The lowest BCUT2D eigenvalue weighted by Gasteiger charge is -2.34. The fraction of sp³-hybridized carbons (Fsp3) is 0.368. The zero-order chi connectivity index (χ0) is 22.6. The molecule has 1 saturated heterocycles. The van der Waals surface area contributed by atoms with Gasteiger partial charge in [-0.1, -0.05) is 11.6 Å². The second-order valence-corrected chi connectivity index (χ2v) is 10.5. The molecule has 1 aliphatic rings. The molecular formula is C19H19ClF2N2O5S2. The largest absolute Gasteiger partial charge is 0.452 e. The minimum Gasteiger partial charge on any atom is -0.452 e. The second-order valence-electron chi connectivity index (χ2n) is 6.77. The van der Waals surface area contributed by atoms with Crippen molar-refractivity contribution in [3.8, 4) is 0 Å². The second kappa shape index (κ2) is 10.0. The summed E-state index contributed by atoms with van der Waals surface area (Å²) in [5.41, 5.74) is -0.0413. The number of ether oxygens (including phenoxy) is 1. The maximum atomic E-state index is 12.5. The first kappa shape index (κ1) is 23.6. The summed E-state index contributed by atoms with van der Waals surface area (Å²) in [5, 5.41) is 0. The van der Waals surface area contributed by atoms with Crippen molar-refractivity contribution < 1.29 is 31.5 Å². The first-order valence-corrected chi connectivity index (χ1v) is 11.9. The van der Waals surface area contributed by atoms with E-state index in [1.807, 2.05) is 12.1 Å². The summed E-state index contributed by atoms with van der Waals surface area (Å²) >= 11 is 7.45. The summed E-state index contributed by atoms with van der Waals surface area (Å²) < 4.78 is 53.6. The molecule has 0 N–H and O–H groups in total. The zero-order valence-electron chi connectivity index (χ0n) is 16.2. The van der Waals surface area contributed by atoms with Crippen LogP contribution in [0.5, 0.6) is 0 Å². The van der Waals surface area contributed by atoms with E-state index in [1.54, 1.807) is 4.90 Å². The Bertz CT molecular complexity index is 1040. The molecule has 12 heteroatoms. The number of halogens is 3. The Hall–Kier alpha value is -2.08. The molecule has 0 aliphatic carbocycles. The minimum atomic E-state index is -4.74. The Balaban J connectivity index is 1.46. The van der Waals surface area contributed by atoms with Gasteiger partial charge in [-0.2, -0.15) is 8.78 Å². The van der Waals surface area contributed by atoms with Crippen molar-refractivity contribution in [2.24, 2.45) is 0 Å². The number of alkyl halides is 2. The van der Waals surface area contributed by atoms with Crippen LogP contribution in [0.3, 0.4) is 0 Å². The van der Waals surface area contributed by atoms with E-state index in [0.29, 0.717) is 26.2 Å². The molecule has 0 saturated carbocycles. The quantitative estimate of drug-likeness (QED) is 0.553. The monoisotopic (exact) mass is 492 g/mol. The van der Waals surface area contributed by atoms with Crippen LogP contribution in [-0.2, 0) is 25.9 Å². The fourth-order valence-electron chi connectivity index (χ4n) is 3.00. The third-order valence-corrected chi connectivity index (χ3v) is 7.33. The van der Waals surface area contributed by atoms with E-state index in [9.17, 15) is 26.8 Å². The van der Waals surface area contributed by atoms with Crippen LogP contribution in [0.25, 0.3) is 0 Å². The smallest absolute Gasteiger partial charge is 0.341 e. The van der Waals surface area contributed by atoms with E-state index >= 15 is 0 Å². The lowest BCUT2D eigenvalue weighted by molar-refractivity contribution is -0.136. The van der Waals surface area contributed by atoms with E-state index < -0.39 is 33.1 Å². The molecule has 0 atom stereocenters. The van der Waals surface area contributed by atoms with E-state index in [2.05, 4.69) is 4.90 Å². The molecule has 2 heterocycles. The van der Waals surface area contributed by atoms with Crippen LogP contribution in [0.4, 0.5) is 8.78 Å². The predicted octanol–water partition coefficient (Wildman–Crippen LogP) is 2.90. The number of sulfone groups is 1. The number of piperazine rings is 1. The number of rotatable bonds is 7. The minimum absolute atomic E-state index is 0.0413. The molecule has 2 aromatic rings. The maximum Gasteiger partial charge on any atom is 0.341 e. The van der Waals surface area contributed by atoms with E-state index in [-0.39, 0.29) is 11.5 Å². The fourth-order valence-corrected chi connectivity index (χ4v) is 4.85. The van der Waals surface area contributed by atoms with Crippen molar-refractivity contribution in [2.75, 3.05) is 32.8 Å². The summed E-state index contributed by atoms with van der Waals surface area (Å²) in [6, 6.07) is 7.76. The van der Waals surface area contributed by atoms with Gasteiger partial charge < -0.3 is 9.64 Å². The van der Waals surface area contributed by atoms with Crippen molar-refractivity contribution in [3.05, 3.63) is 51.2 Å². The highest BCUT2D eigenvalue weighted by molar-refractivity contribution is 7.91. The Morgan fingerprint density at radius 1 is 1.06 bits per heavy atom. The topological polar surface area (TPSA) is 84.0 Å². The number of thiophene rings is 1. The van der Waals surface area contributed by atoms with Gasteiger partial charge in [0.1, 0.15) is 0 Å². The van der Waals surface area contributed by atoms with Gasteiger partial charge in [-0.15, -0.1) is 11.3 Å². The molecule has 1 aromatic carbocycles. The Kier molecular flexibility index (Phi) is 7.63. The van der Waals surface area contributed by atoms with Gasteiger partial charge in [0.05, 0.1) is 14.8 Å². The number of carbonyl (C=O) groups is 2. The number of nitrogens with zero attached hydrogens (tertiary/aromatic N) is 2. The van der Waals surface area contributed by atoms with Crippen molar-refractivity contribution in [2.45, 2.75) is 17.2 Å². The lowest BCUT2D eigenvalue weighted by atomic mass is 10.2. The Labute approximate surface area is 187 Å². The first-order valence-electron chi connectivity index (χ1n) is 9.20. The normalized spacial score (nSPS) is 15.3. The van der Waals surface area contributed by atoms with E-state index in [4.69, 9.17) is 16.3 Å². The highest BCUT2D eigenvalue weighted by atomic mass is 35.5. The van der Waals surface area contributed by atoms with Crippen molar-refractivity contribution in [1.82, 2.24) is 9.80 Å². The van der Waals surface area contributed by atoms with Crippen LogP contribution in [0.15, 0.2) is 41.3 Å². The predicted molar refractivity (Wildman–Crippen MR) is 111 cm³/mol. The van der Waals surface area contributed by atoms with Gasteiger partial charge in [0, 0.05) is 37.6 Å². The van der Waals surface area contributed by atoms with Gasteiger partial charge in [0.2, 0.25) is 9.84 Å². The maximum absolute atomic E-state index is 12.5. The molecule has 168 valence electrons. The molecule has 0 unspecified atom stereocenters. The third-order valence-electron chi connectivity index (χ3n) is 4.71. The van der Waals surface area contributed by atoms with Crippen LogP contribution in [-0.4, -0.2) is 68.6 Å². The number of esters is 1. The molecule has 1 fully saturated rings. The summed E-state index contributed by atoms with van der Waals surface area (Å²) in [4.78, 5) is 28.7. The van der Waals surface area contributed by atoms with Crippen molar-refractivity contribution in [1.29, 1.82) is 0 Å². The number of carbonyl (C=O) groups excluding carboxylic acids is 2. The molecular weight excluding hydrogens is 474 g/mol. The third kappa shape index (κ3) is 6.00. The van der Waals surface area contributed by atoms with Gasteiger partial charge in [-0.25, -0.2) is 13.2 Å². The summed E-state index contributed by atoms with van der Waals surface area (Å²) in [7, 11) is -4.74. The molecule has 3 rings (SSSR count). The van der Waals surface area contributed by atoms with E-state index in [0.717, 1.165) is 40.0 Å². The van der Waals surface area contributed by atoms with Crippen LogP contribution in [0.1, 0.15) is 15.2 Å². The Morgan fingerprint density at radius 2 is 1.71 bits per heavy atom. The molecule has 7 nitrogen and oxygen atoms in total. The number of hydrogen-bond donors (Lipinski definition) is 0.